The molecule has 3 heterocycles. The zero-order valence-electron chi connectivity index (χ0n) is 24.9. The van der Waals surface area contributed by atoms with Crippen LogP contribution in [0.25, 0.3) is 11.5 Å². The Morgan fingerprint density at radius 3 is 2.63 bits per heavy atom. The summed E-state index contributed by atoms with van der Waals surface area (Å²) in [7, 11) is 9.56. The second kappa shape index (κ2) is 12.4. The minimum atomic E-state index is -0.223. The molecule has 0 radical (unpaired) electrons. The first-order valence-corrected chi connectivity index (χ1v) is 14.3. The molecule has 0 saturated heterocycles. The van der Waals surface area contributed by atoms with Gasteiger partial charge in [-0.1, -0.05) is 19.8 Å². The van der Waals surface area contributed by atoms with E-state index in [4.69, 9.17) is 14.1 Å². The average molecular weight is 564 g/mol. The highest BCUT2D eigenvalue weighted by Gasteiger charge is 2.41. The van der Waals surface area contributed by atoms with Crippen LogP contribution in [0.1, 0.15) is 44.9 Å². The summed E-state index contributed by atoms with van der Waals surface area (Å²) in [5.41, 5.74) is 2.20. The summed E-state index contributed by atoms with van der Waals surface area (Å²) in [5.74, 6) is 2.92. The molecule has 0 spiro atoms. The first kappa shape index (κ1) is 28.7. The van der Waals surface area contributed by atoms with Crippen LogP contribution in [-0.4, -0.2) is 96.3 Å². The van der Waals surface area contributed by atoms with Gasteiger partial charge < -0.3 is 29.2 Å². The fourth-order valence-corrected chi connectivity index (χ4v) is 5.61. The van der Waals surface area contributed by atoms with E-state index >= 15 is 0 Å². The first-order chi connectivity index (χ1) is 19.8. The summed E-state index contributed by atoms with van der Waals surface area (Å²) in [6.45, 7) is 4.48. The molecular weight excluding hydrogens is 522 g/mol. The quantitative estimate of drug-likeness (QED) is 0.367. The molecule has 220 valence electrons. The van der Waals surface area contributed by atoms with Crippen LogP contribution in [0.4, 0.5) is 23.1 Å². The third-order valence-electron chi connectivity index (χ3n) is 7.91. The molecule has 1 aliphatic carbocycles. The van der Waals surface area contributed by atoms with Gasteiger partial charge in [0.15, 0.2) is 5.82 Å². The number of amides is 1. The van der Waals surface area contributed by atoms with Gasteiger partial charge in [0.2, 0.25) is 23.6 Å². The van der Waals surface area contributed by atoms with Gasteiger partial charge in [-0.3, -0.25) is 9.69 Å². The van der Waals surface area contributed by atoms with Crippen molar-refractivity contribution in [2.24, 2.45) is 0 Å². The van der Waals surface area contributed by atoms with Crippen molar-refractivity contribution >= 4 is 29.0 Å². The van der Waals surface area contributed by atoms with Crippen LogP contribution in [0.2, 0.25) is 0 Å². The van der Waals surface area contributed by atoms with Gasteiger partial charge in [-0.15, -0.1) is 10.2 Å². The van der Waals surface area contributed by atoms with Crippen molar-refractivity contribution < 1.29 is 13.9 Å². The second-order valence-corrected chi connectivity index (χ2v) is 11.2. The molecule has 2 aliphatic rings. The number of ether oxygens (including phenoxy) is 1. The Hall–Kier alpha value is -3.77. The maximum Gasteiger partial charge on any atom is 0.249 e. The van der Waals surface area contributed by atoms with Crippen LogP contribution < -0.4 is 19.9 Å². The van der Waals surface area contributed by atoms with E-state index in [0.717, 1.165) is 49.4 Å². The first-order valence-electron chi connectivity index (χ1n) is 14.3. The van der Waals surface area contributed by atoms with Crippen molar-refractivity contribution in [2.45, 2.75) is 57.7 Å². The van der Waals surface area contributed by atoms with Crippen molar-refractivity contribution in [3.8, 4) is 17.2 Å². The van der Waals surface area contributed by atoms with Gasteiger partial charge in [-0.2, -0.15) is 4.98 Å². The molecule has 1 saturated carbocycles. The van der Waals surface area contributed by atoms with E-state index in [2.05, 4.69) is 56.2 Å². The standard InChI is InChI=1S/C29H41N9O3/c1-7-22-28(39)37(5)23-17-30-29(32-26(23)38(22)20-10-8-9-11-20)31-21-13-12-19(16-24(21)40-6)27-34-33-25(41-27)18-36(4)15-14-35(2)3/h12-13,16-17,20,22H,7-11,14-15,18H2,1-6H3,(H,30,31,32)/t22-/m1/s1. The molecule has 3 aromatic rings. The van der Waals surface area contributed by atoms with E-state index in [0.29, 0.717) is 41.8 Å². The summed E-state index contributed by atoms with van der Waals surface area (Å²) in [5, 5.41) is 11.8. The lowest BCUT2D eigenvalue weighted by atomic mass is 10.0. The van der Waals surface area contributed by atoms with E-state index in [9.17, 15) is 4.79 Å². The van der Waals surface area contributed by atoms with Crippen LogP contribution in [0.15, 0.2) is 28.8 Å². The number of methoxy groups -OCH3 is 1. The van der Waals surface area contributed by atoms with Gasteiger partial charge in [0, 0.05) is 31.7 Å². The fraction of sp³-hybridized carbons (Fsp3) is 0.552. The number of nitrogens with zero attached hydrogens (tertiary/aromatic N) is 8. The van der Waals surface area contributed by atoms with Crippen molar-refractivity contribution in [1.82, 2.24) is 30.0 Å². The number of carbonyl (C=O) groups is 1. The maximum atomic E-state index is 13.2. The lowest BCUT2D eigenvalue weighted by Crippen LogP contribution is -2.55. The summed E-state index contributed by atoms with van der Waals surface area (Å²) in [6, 6.07) is 5.74. The minimum absolute atomic E-state index is 0.0952. The Kier molecular flexibility index (Phi) is 8.69. The topological polar surface area (TPSA) is 116 Å². The number of fused-ring (bicyclic) bond motifs is 1. The zero-order valence-corrected chi connectivity index (χ0v) is 24.9. The van der Waals surface area contributed by atoms with Gasteiger partial charge >= 0.3 is 0 Å². The predicted octanol–water partition coefficient (Wildman–Crippen LogP) is 3.78. The molecule has 1 N–H and O–H groups in total. The SMILES string of the molecule is CC[C@@H]1C(=O)N(C)c2cnc(Nc3ccc(-c4nnc(CN(C)CCN(C)C)o4)cc3OC)nc2N1C1CCCC1. The molecule has 5 rings (SSSR count). The largest absolute Gasteiger partial charge is 0.495 e. The third-order valence-corrected chi connectivity index (χ3v) is 7.91. The predicted molar refractivity (Wildman–Crippen MR) is 159 cm³/mol. The number of benzene rings is 1. The molecule has 12 heteroatoms. The number of nitrogens with one attached hydrogen (secondary N) is 1. The third kappa shape index (κ3) is 6.13. The van der Waals surface area contributed by atoms with Gasteiger partial charge in [0.1, 0.15) is 17.5 Å². The number of likely N-dealkylation sites (N-methyl/N-ethyl adjacent to an activating group) is 3. The molecule has 1 aromatic carbocycles. The Morgan fingerprint density at radius 2 is 1.93 bits per heavy atom. The maximum absolute atomic E-state index is 13.2. The highest BCUT2D eigenvalue weighted by atomic mass is 16.5. The number of hydrogen-bond acceptors (Lipinski definition) is 11. The molecule has 1 aliphatic heterocycles. The lowest BCUT2D eigenvalue weighted by molar-refractivity contribution is -0.120. The molecule has 41 heavy (non-hydrogen) atoms. The molecule has 12 nitrogen and oxygen atoms in total. The molecule has 0 bridgehead atoms. The summed E-state index contributed by atoms with van der Waals surface area (Å²) >= 11 is 0. The Balaban J connectivity index is 1.36. The molecular formula is C29H41N9O3. The van der Waals surface area contributed by atoms with Gasteiger partial charge in [-0.25, -0.2) is 4.98 Å². The van der Waals surface area contributed by atoms with E-state index in [1.54, 1.807) is 25.3 Å². The van der Waals surface area contributed by atoms with Crippen molar-refractivity contribution in [3.05, 3.63) is 30.3 Å². The Labute approximate surface area is 241 Å². The van der Waals surface area contributed by atoms with Crippen LogP contribution in [0.5, 0.6) is 5.75 Å². The molecule has 0 unspecified atom stereocenters. The fourth-order valence-electron chi connectivity index (χ4n) is 5.61. The van der Waals surface area contributed by atoms with E-state index in [1.165, 1.54) is 12.8 Å². The molecule has 1 fully saturated rings. The highest BCUT2D eigenvalue weighted by Crippen LogP contribution is 2.40. The normalized spacial score (nSPS) is 17.6. The number of anilines is 4. The second-order valence-electron chi connectivity index (χ2n) is 11.2. The monoisotopic (exact) mass is 563 g/mol. The number of hydrogen-bond donors (Lipinski definition) is 1. The summed E-state index contributed by atoms with van der Waals surface area (Å²) in [6.07, 6.45) is 6.94. The van der Waals surface area contributed by atoms with Gasteiger partial charge in [-0.05, 0) is 58.6 Å². The van der Waals surface area contributed by atoms with Crippen molar-refractivity contribution in [3.63, 3.8) is 0 Å². The van der Waals surface area contributed by atoms with Crippen LogP contribution in [0.3, 0.4) is 0 Å². The summed E-state index contributed by atoms with van der Waals surface area (Å²) < 4.78 is 11.7. The molecule has 2 aromatic heterocycles. The number of carbonyl (C=O) groups excluding carboxylic acids is 1. The van der Waals surface area contributed by atoms with Gasteiger partial charge in [0.25, 0.3) is 0 Å². The highest BCUT2D eigenvalue weighted by molar-refractivity contribution is 6.04. The lowest BCUT2D eigenvalue weighted by Gasteiger charge is -2.43. The minimum Gasteiger partial charge on any atom is -0.495 e. The smallest absolute Gasteiger partial charge is 0.249 e. The zero-order chi connectivity index (χ0) is 29.1. The van der Waals surface area contributed by atoms with Crippen molar-refractivity contribution in [1.29, 1.82) is 0 Å². The average Bonchev–Trinajstić information content (AvgIpc) is 3.67. The molecule has 1 amide bonds. The number of aromatic nitrogens is 4. The van der Waals surface area contributed by atoms with Gasteiger partial charge in [0.05, 0.1) is 25.5 Å². The van der Waals surface area contributed by atoms with E-state index in [-0.39, 0.29) is 11.9 Å². The van der Waals surface area contributed by atoms with Crippen LogP contribution in [0, 0.1) is 0 Å². The summed E-state index contributed by atoms with van der Waals surface area (Å²) in [4.78, 5) is 30.9. The Morgan fingerprint density at radius 1 is 1.15 bits per heavy atom. The van der Waals surface area contributed by atoms with E-state index < -0.39 is 0 Å². The number of rotatable bonds is 11. The van der Waals surface area contributed by atoms with Crippen LogP contribution >= 0.6 is 0 Å². The van der Waals surface area contributed by atoms with E-state index in [1.807, 2.05) is 25.2 Å². The Bertz CT molecular complexity index is 1360. The molecule has 1 atom stereocenters. The van der Waals surface area contributed by atoms with Crippen molar-refractivity contribution in [2.75, 3.05) is 63.5 Å². The van der Waals surface area contributed by atoms with Crippen LogP contribution in [-0.2, 0) is 11.3 Å².